The molecule has 1 aromatic heterocycles. The van der Waals surface area contributed by atoms with Gasteiger partial charge >= 0.3 is 0 Å². The number of aromatic nitrogens is 1. The number of rotatable bonds is 7. The zero-order chi connectivity index (χ0) is 20.4. The molecular formula is C21H36IN5O2. The van der Waals surface area contributed by atoms with Crippen LogP contribution in [0.2, 0.25) is 0 Å². The van der Waals surface area contributed by atoms with E-state index >= 15 is 0 Å². The maximum absolute atomic E-state index is 12.0. The van der Waals surface area contributed by atoms with Gasteiger partial charge in [0.2, 0.25) is 0 Å². The van der Waals surface area contributed by atoms with Crippen molar-refractivity contribution in [3.8, 4) is 0 Å². The molecule has 1 aliphatic heterocycles. The van der Waals surface area contributed by atoms with Crippen molar-refractivity contribution >= 4 is 35.8 Å². The van der Waals surface area contributed by atoms with Crippen LogP contribution >= 0.6 is 24.0 Å². The quantitative estimate of drug-likeness (QED) is 0.224. The van der Waals surface area contributed by atoms with E-state index in [1.807, 2.05) is 6.92 Å². The monoisotopic (exact) mass is 517 g/mol. The van der Waals surface area contributed by atoms with E-state index in [1.54, 1.807) is 24.5 Å². The molecule has 3 N–H and O–H groups in total. The molecule has 8 heteroatoms. The Hall–Kier alpha value is -1.42. The van der Waals surface area contributed by atoms with Crippen molar-refractivity contribution in [3.63, 3.8) is 0 Å². The number of hydrogen-bond acceptors (Lipinski definition) is 4. The van der Waals surface area contributed by atoms with Gasteiger partial charge in [0, 0.05) is 51.1 Å². The van der Waals surface area contributed by atoms with Crippen molar-refractivity contribution in [2.45, 2.75) is 46.6 Å². The number of carbonyl (C=O) groups excluding carboxylic acids is 1. The number of carbonyl (C=O) groups is 1. The summed E-state index contributed by atoms with van der Waals surface area (Å²) in [5.41, 5.74) is 0.678. The van der Waals surface area contributed by atoms with Crippen LogP contribution < -0.4 is 16.0 Å². The van der Waals surface area contributed by atoms with E-state index in [4.69, 9.17) is 9.73 Å². The van der Waals surface area contributed by atoms with Gasteiger partial charge in [-0.2, -0.15) is 0 Å². The molecule has 1 fully saturated rings. The molecule has 0 radical (unpaired) electrons. The second-order valence-electron chi connectivity index (χ2n) is 8.20. The third kappa shape index (κ3) is 8.86. The molecule has 2 rings (SSSR count). The molecule has 1 saturated heterocycles. The maximum Gasteiger partial charge on any atom is 0.252 e. The molecule has 164 valence electrons. The lowest BCUT2D eigenvalue weighted by atomic mass is 9.78. The van der Waals surface area contributed by atoms with Crippen LogP contribution in [0.1, 0.15) is 50.9 Å². The Morgan fingerprint density at radius 2 is 2.03 bits per heavy atom. The second kappa shape index (κ2) is 13.0. The summed E-state index contributed by atoms with van der Waals surface area (Å²) < 4.78 is 6.05. The minimum Gasteiger partial charge on any atom is -0.377 e. The van der Waals surface area contributed by atoms with Crippen molar-refractivity contribution in [1.82, 2.24) is 20.9 Å². The smallest absolute Gasteiger partial charge is 0.252 e. The van der Waals surface area contributed by atoms with Crippen LogP contribution in [0.25, 0.3) is 0 Å². The molecule has 0 aliphatic carbocycles. The highest BCUT2D eigenvalue weighted by atomic mass is 127. The van der Waals surface area contributed by atoms with Gasteiger partial charge in [-0.15, -0.1) is 24.0 Å². The Labute approximate surface area is 191 Å². The zero-order valence-electron chi connectivity index (χ0n) is 18.0. The maximum atomic E-state index is 12.0. The number of hydrogen-bond donors (Lipinski definition) is 3. The summed E-state index contributed by atoms with van der Waals surface area (Å²) in [7, 11) is 0. The predicted molar refractivity (Wildman–Crippen MR) is 128 cm³/mol. The van der Waals surface area contributed by atoms with Crippen LogP contribution in [0.3, 0.4) is 0 Å². The Kier molecular flexibility index (Phi) is 11.5. The van der Waals surface area contributed by atoms with Gasteiger partial charge in [0.25, 0.3) is 5.91 Å². The first kappa shape index (κ1) is 25.6. The predicted octanol–water partition coefficient (Wildman–Crippen LogP) is 2.83. The van der Waals surface area contributed by atoms with Gasteiger partial charge in [-0.25, -0.2) is 0 Å². The highest BCUT2D eigenvalue weighted by Gasteiger charge is 2.35. The van der Waals surface area contributed by atoms with Crippen LogP contribution in [0.5, 0.6) is 0 Å². The van der Waals surface area contributed by atoms with E-state index in [-0.39, 0.29) is 41.4 Å². The van der Waals surface area contributed by atoms with Crippen molar-refractivity contribution in [2.75, 3.05) is 32.8 Å². The molecule has 2 unspecified atom stereocenters. The minimum absolute atomic E-state index is 0. The Morgan fingerprint density at radius 3 is 2.69 bits per heavy atom. The molecule has 29 heavy (non-hydrogen) atoms. The molecule has 0 spiro atoms. The van der Waals surface area contributed by atoms with Gasteiger partial charge in [-0.3, -0.25) is 14.8 Å². The molecule has 0 aromatic carbocycles. The molecular weight excluding hydrogens is 481 g/mol. The molecule has 1 aromatic rings. The number of pyridine rings is 1. The molecule has 1 aliphatic rings. The average Bonchev–Trinajstić information content (AvgIpc) is 2.69. The van der Waals surface area contributed by atoms with E-state index in [0.717, 1.165) is 38.5 Å². The van der Waals surface area contributed by atoms with E-state index in [1.165, 1.54) is 0 Å². The van der Waals surface area contributed by atoms with Gasteiger partial charge in [0.15, 0.2) is 5.96 Å². The number of halogens is 1. The van der Waals surface area contributed by atoms with Crippen LogP contribution in [0.15, 0.2) is 29.5 Å². The number of nitrogens with one attached hydrogen (secondary N) is 3. The van der Waals surface area contributed by atoms with Crippen molar-refractivity contribution < 1.29 is 9.53 Å². The lowest BCUT2D eigenvalue weighted by Gasteiger charge is -2.39. The van der Waals surface area contributed by atoms with E-state index < -0.39 is 0 Å². The molecule has 0 saturated carbocycles. The van der Waals surface area contributed by atoms with E-state index in [9.17, 15) is 4.79 Å². The fourth-order valence-electron chi connectivity index (χ4n) is 3.49. The first-order chi connectivity index (χ1) is 13.4. The fourth-order valence-corrected chi connectivity index (χ4v) is 3.49. The third-order valence-electron chi connectivity index (χ3n) is 4.75. The van der Waals surface area contributed by atoms with Crippen LogP contribution in [0.4, 0.5) is 0 Å². The van der Waals surface area contributed by atoms with Crippen LogP contribution in [0, 0.1) is 11.3 Å². The highest BCUT2D eigenvalue weighted by molar-refractivity contribution is 14.0. The molecule has 1 amide bonds. The molecule has 0 bridgehead atoms. The number of aliphatic imine (C=N–C) groups is 1. The SMILES string of the molecule is CCNC(=NCC1CCCOC1C(C)(C)C)NCCNC(=O)c1cccnc1.I. The molecule has 7 nitrogen and oxygen atoms in total. The van der Waals surface area contributed by atoms with Crippen LogP contribution in [-0.4, -0.2) is 55.7 Å². The minimum atomic E-state index is -0.121. The van der Waals surface area contributed by atoms with E-state index in [2.05, 4.69) is 41.7 Å². The lowest BCUT2D eigenvalue weighted by molar-refractivity contribution is -0.0823. The number of guanidine groups is 1. The summed E-state index contributed by atoms with van der Waals surface area (Å²) in [5, 5.41) is 9.44. The first-order valence-electron chi connectivity index (χ1n) is 10.2. The Balaban J connectivity index is 0.00000420. The summed E-state index contributed by atoms with van der Waals surface area (Å²) in [4.78, 5) is 20.8. The summed E-state index contributed by atoms with van der Waals surface area (Å²) in [6.07, 6.45) is 5.68. The highest BCUT2D eigenvalue weighted by Crippen LogP contribution is 2.34. The Morgan fingerprint density at radius 1 is 1.28 bits per heavy atom. The number of ether oxygens (including phenoxy) is 1. The third-order valence-corrected chi connectivity index (χ3v) is 4.75. The first-order valence-corrected chi connectivity index (χ1v) is 10.2. The van der Waals surface area contributed by atoms with Crippen molar-refractivity contribution in [2.24, 2.45) is 16.3 Å². The Bertz CT molecular complexity index is 634. The number of amides is 1. The van der Waals surface area contributed by atoms with Gasteiger partial charge in [-0.05, 0) is 37.3 Å². The largest absolute Gasteiger partial charge is 0.377 e. The fraction of sp³-hybridized carbons (Fsp3) is 0.667. The average molecular weight is 517 g/mol. The van der Waals surface area contributed by atoms with Gasteiger partial charge in [-0.1, -0.05) is 20.8 Å². The van der Waals surface area contributed by atoms with Gasteiger partial charge in [0.1, 0.15) is 0 Å². The summed E-state index contributed by atoms with van der Waals surface area (Å²) in [6.45, 7) is 12.2. The zero-order valence-corrected chi connectivity index (χ0v) is 20.4. The van der Waals surface area contributed by atoms with Crippen LogP contribution in [-0.2, 0) is 4.74 Å². The summed E-state index contributed by atoms with van der Waals surface area (Å²) in [5.74, 6) is 1.08. The lowest BCUT2D eigenvalue weighted by Crippen LogP contribution is -2.44. The van der Waals surface area contributed by atoms with E-state index in [0.29, 0.717) is 24.6 Å². The number of nitrogens with zero attached hydrogens (tertiary/aromatic N) is 2. The second-order valence-corrected chi connectivity index (χ2v) is 8.20. The molecule has 2 atom stereocenters. The topological polar surface area (TPSA) is 87.6 Å². The molecule has 2 heterocycles. The normalized spacial score (nSPS) is 19.8. The van der Waals surface area contributed by atoms with Crippen molar-refractivity contribution in [1.29, 1.82) is 0 Å². The van der Waals surface area contributed by atoms with Crippen molar-refractivity contribution in [3.05, 3.63) is 30.1 Å². The summed E-state index contributed by atoms with van der Waals surface area (Å²) in [6, 6.07) is 3.50. The summed E-state index contributed by atoms with van der Waals surface area (Å²) >= 11 is 0. The van der Waals surface area contributed by atoms with Gasteiger partial charge < -0.3 is 20.7 Å². The van der Waals surface area contributed by atoms with Gasteiger partial charge in [0.05, 0.1) is 11.7 Å². The standard InChI is InChI=1S/C21H35N5O2.HI/c1-5-23-20(25-12-11-24-19(27)17-8-6-10-22-14-17)26-15-16-9-7-13-28-18(16)21(2,3)4;/h6,8,10,14,16,18H,5,7,9,11-13,15H2,1-4H3,(H,24,27)(H2,23,25,26);1H.